The van der Waals surface area contributed by atoms with Crippen molar-refractivity contribution in [1.29, 1.82) is 0 Å². The number of non-ortho nitro benzene ring substituents is 1. The van der Waals surface area contributed by atoms with Gasteiger partial charge in [-0.1, -0.05) is 24.8 Å². The van der Waals surface area contributed by atoms with E-state index in [2.05, 4.69) is 19.2 Å². The molecule has 0 N–H and O–H groups in total. The van der Waals surface area contributed by atoms with Gasteiger partial charge in [0.25, 0.3) is 5.69 Å². The van der Waals surface area contributed by atoms with Crippen LogP contribution in [-0.4, -0.2) is 10.0 Å². The van der Waals surface area contributed by atoms with Gasteiger partial charge in [-0.05, 0) is 12.5 Å². The molecule has 0 saturated heterocycles. The Morgan fingerprint density at radius 1 is 1.40 bits per heavy atom. The summed E-state index contributed by atoms with van der Waals surface area (Å²) in [5, 5.41) is 9.77. The van der Waals surface area contributed by atoms with Crippen molar-refractivity contribution in [3.63, 3.8) is 0 Å². The first kappa shape index (κ1) is 13.4. The van der Waals surface area contributed by atoms with Gasteiger partial charge >= 0.3 is 0 Å². The van der Waals surface area contributed by atoms with Crippen molar-refractivity contribution in [3.8, 4) is 0 Å². The maximum atomic E-state index is 10.0. The van der Waals surface area contributed by atoms with Gasteiger partial charge in [0.1, 0.15) is 0 Å². The quantitative estimate of drug-likeness (QED) is 0.364. The molecule has 0 aliphatic carbocycles. The van der Waals surface area contributed by atoms with Crippen LogP contribution < -0.4 is 0 Å². The summed E-state index contributed by atoms with van der Waals surface area (Å²) in [5.41, 5.74) is 0.621. The van der Waals surface area contributed by atoms with E-state index in [-0.39, 0.29) is 10.8 Å². The van der Waals surface area contributed by atoms with Gasteiger partial charge in [-0.3, -0.25) is 14.9 Å². The van der Waals surface area contributed by atoms with Crippen LogP contribution in [0.25, 0.3) is 0 Å². The van der Waals surface area contributed by atoms with E-state index in [1.807, 2.05) is 0 Å². The van der Waals surface area contributed by atoms with Crippen LogP contribution in [0.4, 0.5) is 5.69 Å². The van der Waals surface area contributed by atoms with E-state index in [9.17, 15) is 14.9 Å². The first-order chi connectivity index (χ1) is 6.95. The van der Waals surface area contributed by atoms with Gasteiger partial charge < -0.3 is 0 Å². The molecule has 0 radical (unpaired) electrons. The van der Waals surface area contributed by atoms with E-state index in [1.54, 1.807) is 25.1 Å². The van der Waals surface area contributed by atoms with Crippen molar-refractivity contribution in [2.24, 2.45) is 0 Å². The number of para-hydroxylation sites is 1. The molecule has 0 saturated carbocycles. The Balaban J connectivity index is 0.000000288. The number of hydrogen-bond donors (Lipinski definition) is 1. The van der Waals surface area contributed by atoms with Crippen molar-refractivity contribution >= 4 is 23.4 Å². The van der Waals surface area contributed by atoms with E-state index in [4.69, 9.17) is 0 Å². The molecule has 0 amide bonds. The van der Waals surface area contributed by atoms with Crippen LogP contribution in [0.15, 0.2) is 42.5 Å². The molecule has 0 aromatic heterocycles. The summed E-state index contributed by atoms with van der Waals surface area (Å²) < 4.78 is 0. The zero-order chi connectivity index (χ0) is 11.8. The van der Waals surface area contributed by atoms with Crippen LogP contribution in [0.2, 0.25) is 0 Å². The van der Waals surface area contributed by atoms with Gasteiger partial charge in [0.15, 0.2) is 0 Å². The smallest absolute Gasteiger partial charge is 0.269 e. The van der Waals surface area contributed by atoms with Crippen LogP contribution in [-0.2, 0) is 4.79 Å². The van der Waals surface area contributed by atoms with E-state index in [0.717, 1.165) is 0 Å². The first-order valence-electron chi connectivity index (χ1n) is 4.03. The highest BCUT2D eigenvalue weighted by molar-refractivity contribution is 7.97. The summed E-state index contributed by atoms with van der Waals surface area (Å²) in [4.78, 5) is 19.5. The Bertz CT molecular complexity index is 350. The van der Waals surface area contributed by atoms with E-state index in [1.165, 1.54) is 12.1 Å². The second-order valence-corrected chi connectivity index (χ2v) is 3.08. The SMILES string of the molecule is C=C(C)C(=O)S.O=[N+]([O-])c1ccccc1. The van der Waals surface area contributed by atoms with Crippen LogP contribution >= 0.6 is 12.6 Å². The number of hydrogen-bond acceptors (Lipinski definition) is 3. The van der Waals surface area contributed by atoms with Crippen molar-refractivity contribution < 1.29 is 9.72 Å². The summed E-state index contributed by atoms with van der Waals surface area (Å²) in [5.74, 6) is 0. The Morgan fingerprint density at radius 3 is 2.00 bits per heavy atom. The van der Waals surface area contributed by atoms with Gasteiger partial charge in [0, 0.05) is 12.1 Å². The van der Waals surface area contributed by atoms with Crippen LogP contribution in [0.1, 0.15) is 6.92 Å². The molecule has 0 fully saturated rings. The summed E-state index contributed by atoms with van der Waals surface area (Å²) in [7, 11) is 0. The monoisotopic (exact) mass is 225 g/mol. The molecule has 5 heteroatoms. The maximum Gasteiger partial charge on any atom is 0.269 e. The molecule has 0 unspecified atom stereocenters. The molecule has 0 aliphatic rings. The second kappa shape index (κ2) is 6.78. The van der Waals surface area contributed by atoms with E-state index >= 15 is 0 Å². The van der Waals surface area contributed by atoms with Gasteiger partial charge in [0.05, 0.1) is 4.92 Å². The number of nitrogens with zero attached hydrogens (tertiary/aromatic N) is 1. The third-order valence-electron chi connectivity index (χ3n) is 1.33. The average molecular weight is 225 g/mol. The molecule has 0 heterocycles. The fraction of sp³-hybridized carbons (Fsp3) is 0.100. The highest BCUT2D eigenvalue weighted by Gasteiger charge is 1.98. The average Bonchev–Trinajstić information content (AvgIpc) is 2.20. The Labute approximate surface area is 93.2 Å². The van der Waals surface area contributed by atoms with Crippen molar-refractivity contribution in [1.82, 2.24) is 0 Å². The second-order valence-electron chi connectivity index (χ2n) is 2.68. The lowest BCUT2D eigenvalue weighted by molar-refractivity contribution is -0.384. The largest absolute Gasteiger partial charge is 0.282 e. The van der Waals surface area contributed by atoms with Gasteiger partial charge in [0.2, 0.25) is 5.12 Å². The predicted octanol–water partition coefficient (Wildman–Crippen LogP) is 2.61. The number of nitro benzene ring substituents is 1. The molecule has 0 aliphatic heterocycles. The molecular formula is C10H11NO3S. The molecule has 0 spiro atoms. The number of rotatable bonds is 2. The van der Waals surface area contributed by atoms with Crippen molar-refractivity contribution in [2.75, 3.05) is 0 Å². The Kier molecular flexibility index (Phi) is 6.05. The lowest BCUT2D eigenvalue weighted by Gasteiger charge is -1.85. The molecule has 1 rings (SSSR count). The van der Waals surface area contributed by atoms with Crippen molar-refractivity contribution in [2.45, 2.75) is 6.92 Å². The predicted molar refractivity (Wildman–Crippen MR) is 61.9 cm³/mol. The van der Waals surface area contributed by atoms with Crippen LogP contribution in [0.3, 0.4) is 0 Å². The molecule has 80 valence electrons. The zero-order valence-electron chi connectivity index (χ0n) is 8.21. The van der Waals surface area contributed by atoms with Crippen LogP contribution in [0, 0.1) is 10.1 Å². The highest BCUT2D eigenvalue weighted by Crippen LogP contribution is 2.06. The lowest BCUT2D eigenvalue weighted by Crippen LogP contribution is -1.84. The minimum Gasteiger partial charge on any atom is -0.282 e. The molecule has 15 heavy (non-hydrogen) atoms. The summed E-state index contributed by atoms with van der Waals surface area (Å²) in [6, 6.07) is 7.93. The number of benzene rings is 1. The van der Waals surface area contributed by atoms with Crippen LogP contribution in [0.5, 0.6) is 0 Å². The lowest BCUT2D eigenvalue weighted by atomic mass is 10.3. The fourth-order valence-corrected chi connectivity index (χ4v) is 0.550. The highest BCUT2D eigenvalue weighted by atomic mass is 32.1. The van der Waals surface area contributed by atoms with E-state index < -0.39 is 4.92 Å². The van der Waals surface area contributed by atoms with Crippen molar-refractivity contribution in [3.05, 3.63) is 52.6 Å². The topological polar surface area (TPSA) is 60.2 Å². The summed E-state index contributed by atoms with van der Waals surface area (Å²) in [6.07, 6.45) is 0. The van der Waals surface area contributed by atoms with Gasteiger partial charge in [-0.15, -0.1) is 12.6 Å². The minimum atomic E-state index is -0.417. The number of carbonyl (C=O) groups excluding carboxylic acids is 1. The third kappa shape index (κ3) is 6.45. The Hall–Kier alpha value is -1.62. The van der Waals surface area contributed by atoms with Gasteiger partial charge in [-0.2, -0.15) is 0 Å². The molecule has 0 atom stereocenters. The van der Waals surface area contributed by atoms with E-state index in [0.29, 0.717) is 5.57 Å². The summed E-state index contributed by atoms with van der Waals surface area (Å²) in [6.45, 7) is 4.95. The number of thiol groups is 1. The molecule has 1 aromatic carbocycles. The normalized spacial score (nSPS) is 8.40. The number of nitro groups is 1. The van der Waals surface area contributed by atoms with Gasteiger partial charge in [-0.25, -0.2) is 0 Å². The maximum absolute atomic E-state index is 10.0. The molecule has 4 nitrogen and oxygen atoms in total. The zero-order valence-corrected chi connectivity index (χ0v) is 9.11. The standard InChI is InChI=1S/C6H5NO2.C4H6OS/c8-7(9)6-4-2-1-3-5-6;1-3(2)4(5)6/h1-5H;1H2,2H3,(H,5,6). The Morgan fingerprint density at radius 2 is 1.80 bits per heavy atom. The number of carbonyl (C=O) groups is 1. The first-order valence-corrected chi connectivity index (χ1v) is 4.48. The minimum absolute atomic E-state index is 0.137. The molecule has 0 bridgehead atoms. The summed E-state index contributed by atoms with van der Waals surface area (Å²) >= 11 is 3.45. The molecule has 1 aromatic rings. The fourth-order valence-electron chi connectivity index (χ4n) is 0.550. The molecular weight excluding hydrogens is 214 g/mol. The third-order valence-corrected chi connectivity index (χ3v) is 1.71.